The van der Waals surface area contributed by atoms with Crippen molar-refractivity contribution in [2.24, 2.45) is 0 Å². The van der Waals surface area contributed by atoms with Crippen LogP contribution in [0.15, 0.2) is 54.7 Å². The van der Waals surface area contributed by atoms with E-state index < -0.39 is 5.97 Å². The van der Waals surface area contributed by atoms with Crippen LogP contribution in [-0.2, 0) is 16.1 Å². The Morgan fingerprint density at radius 2 is 1.83 bits per heavy atom. The highest BCUT2D eigenvalue weighted by Gasteiger charge is 2.16. The lowest BCUT2D eigenvalue weighted by molar-refractivity contribution is -0.116. The topological polar surface area (TPSA) is 60.3 Å². The lowest BCUT2D eigenvalue weighted by atomic mass is 10.2. The summed E-state index contributed by atoms with van der Waals surface area (Å²) in [7, 11) is 1.34. The predicted octanol–water partition coefficient (Wildman–Crippen LogP) is 3.72. The number of anilines is 1. The highest BCUT2D eigenvalue weighted by Crippen LogP contribution is 2.22. The molecule has 0 aliphatic heterocycles. The van der Waals surface area contributed by atoms with E-state index in [4.69, 9.17) is 16.3 Å². The summed E-state index contributed by atoms with van der Waals surface area (Å²) in [6.45, 7) is 0.0835. The monoisotopic (exact) mass is 342 g/mol. The SMILES string of the molecule is COC(=O)c1cn(CC(=O)Nc2ccc(Cl)cc2)c2ccccc12. The van der Waals surface area contributed by atoms with Gasteiger partial charge in [0.1, 0.15) is 6.54 Å². The molecule has 0 saturated heterocycles. The van der Waals surface area contributed by atoms with Crippen molar-refractivity contribution in [3.8, 4) is 0 Å². The maximum atomic E-state index is 12.3. The quantitative estimate of drug-likeness (QED) is 0.735. The van der Waals surface area contributed by atoms with Crippen molar-refractivity contribution in [3.63, 3.8) is 0 Å². The van der Waals surface area contributed by atoms with E-state index in [0.29, 0.717) is 16.3 Å². The van der Waals surface area contributed by atoms with Gasteiger partial charge in [-0.2, -0.15) is 0 Å². The first-order chi connectivity index (χ1) is 11.6. The summed E-state index contributed by atoms with van der Waals surface area (Å²) in [5, 5.41) is 4.16. The second-order valence-corrected chi connectivity index (χ2v) is 5.67. The molecule has 5 nitrogen and oxygen atoms in total. The molecule has 0 unspecified atom stereocenters. The van der Waals surface area contributed by atoms with Gasteiger partial charge in [-0.25, -0.2) is 4.79 Å². The minimum Gasteiger partial charge on any atom is -0.465 e. The summed E-state index contributed by atoms with van der Waals surface area (Å²) >= 11 is 5.83. The molecule has 0 aliphatic carbocycles. The van der Waals surface area contributed by atoms with Gasteiger partial charge in [0.2, 0.25) is 5.91 Å². The Kier molecular flexibility index (Phi) is 4.53. The zero-order valence-corrected chi connectivity index (χ0v) is 13.7. The lowest BCUT2D eigenvalue weighted by Crippen LogP contribution is -2.18. The minimum atomic E-state index is -0.428. The van der Waals surface area contributed by atoms with E-state index >= 15 is 0 Å². The highest BCUT2D eigenvalue weighted by atomic mass is 35.5. The number of esters is 1. The Morgan fingerprint density at radius 3 is 2.54 bits per heavy atom. The molecule has 0 saturated carbocycles. The van der Waals surface area contributed by atoms with Crippen LogP contribution in [0.5, 0.6) is 0 Å². The second kappa shape index (κ2) is 6.76. The summed E-state index contributed by atoms with van der Waals surface area (Å²) in [5.41, 5.74) is 1.89. The third-order valence-corrected chi connectivity index (χ3v) is 3.89. The molecule has 0 aliphatic rings. The molecular formula is C18H15ClN2O3. The molecule has 0 bridgehead atoms. The number of nitrogens with zero attached hydrogens (tertiary/aromatic N) is 1. The van der Waals surface area contributed by atoms with E-state index in [0.717, 1.165) is 10.9 Å². The van der Waals surface area contributed by atoms with Crippen LogP contribution in [0, 0.1) is 0 Å². The van der Waals surface area contributed by atoms with Crippen LogP contribution in [0.1, 0.15) is 10.4 Å². The van der Waals surface area contributed by atoms with Gasteiger partial charge in [-0.1, -0.05) is 29.8 Å². The fourth-order valence-corrected chi connectivity index (χ4v) is 2.66. The van der Waals surface area contributed by atoms with Gasteiger partial charge in [-0.05, 0) is 30.3 Å². The van der Waals surface area contributed by atoms with Crippen molar-refractivity contribution >= 4 is 40.1 Å². The molecule has 1 amide bonds. The molecule has 2 aromatic carbocycles. The van der Waals surface area contributed by atoms with Crippen molar-refractivity contribution in [1.82, 2.24) is 4.57 Å². The van der Waals surface area contributed by atoms with Gasteiger partial charge in [0, 0.05) is 27.8 Å². The normalized spacial score (nSPS) is 10.6. The zero-order valence-electron chi connectivity index (χ0n) is 13.0. The summed E-state index contributed by atoms with van der Waals surface area (Å²) < 4.78 is 6.53. The molecule has 6 heteroatoms. The number of hydrogen-bond acceptors (Lipinski definition) is 3. The summed E-state index contributed by atoms with van der Waals surface area (Å²) in [5.74, 6) is -0.627. The number of methoxy groups -OCH3 is 1. The first-order valence-electron chi connectivity index (χ1n) is 7.30. The molecule has 0 radical (unpaired) electrons. The molecule has 1 heterocycles. The van der Waals surface area contributed by atoms with Crippen LogP contribution in [0.2, 0.25) is 5.02 Å². The second-order valence-electron chi connectivity index (χ2n) is 5.23. The molecule has 0 spiro atoms. The molecule has 0 fully saturated rings. The number of ether oxygens (including phenoxy) is 1. The largest absolute Gasteiger partial charge is 0.465 e. The van der Waals surface area contributed by atoms with E-state index in [1.807, 2.05) is 24.3 Å². The fraction of sp³-hybridized carbons (Fsp3) is 0.111. The number of nitrogens with one attached hydrogen (secondary N) is 1. The van der Waals surface area contributed by atoms with E-state index in [2.05, 4.69) is 5.32 Å². The third-order valence-electron chi connectivity index (χ3n) is 3.64. The fourth-order valence-electron chi connectivity index (χ4n) is 2.54. The summed E-state index contributed by atoms with van der Waals surface area (Å²) in [4.78, 5) is 24.2. The number of aromatic nitrogens is 1. The van der Waals surface area contributed by atoms with Crippen molar-refractivity contribution in [3.05, 3.63) is 65.3 Å². The molecule has 3 rings (SSSR count). The first kappa shape index (κ1) is 16.1. The number of fused-ring (bicyclic) bond motifs is 1. The number of halogens is 1. The van der Waals surface area contributed by atoms with Gasteiger partial charge >= 0.3 is 5.97 Å². The maximum Gasteiger partial charge on any atom is 0.340 e. The van der Waals surface area contributed by atoms with Gasteiger partial charge in [0.25, 0.3) is 0 Å². The van der Waals surface area contributed by atoms with Crippen molar-refractivity contribution < 1.29 is 14.3 Å². The molecule has 1 N–H and O–H groups in total. The molecular weight excluding hydrogens is 328 g/mol. The Hall–Kier alpha value is -2.79. The molecule has 3 aromatic rings. The van der Waals surface area contributed by atoms with Crippen molar-refractivity contribution in [1.29, 1.82) is 0 Å². The number of carbonyl (C=O) groups excluding carboxylic acids is 2. The average Bonchev–Trinajstić information content (AvgIpc) is 2.95. The number of rotatable bonds is 4. The number of hydrogen-bond donors (Lipinski definition) is 1. The van der Waals surface area contributed by atoms with Crippen LogP contribution < -0.4 is 5.32 Å². The van der Waals surface area contributed by atoms with Gasteiger partial charge in [0.15, 0.2) is 0 Å². The van der Waals surface area contributed by atoms with E-state index in [1.165, 1.54) is 7.11 Å². The number of carbonyl (C=O) groups is 2. The molecule has 0 atom stereocenters. The van der Waals surface area contributed by atoms with E-state index in [1.54, 1.807) is 35.0 Å². The Labute approximate surface area is 143 Å². The zero-order chi connectivity index (χ0) is 17.1. The maximum absolute atomic E-state index is 12.3. The third kappa shape index (κ3) is 3.26. The Bertz CT molecular complexity index is 900. The Morgan fingerprint density at radius 1 is 1.12 bits per heavy atom. The number of para-hydroxylation sites is 1. The van der Waals surface area contributed by atoms with Crippen LogP contribution >= 0.6 is 11.6 Å². The van der Waals surface area contributed by atoms with Crippen LogP contribution in [0.25, 0.3) is 10.9 Å². The Balaban J connectivity index is 1.85. The average molecular weight is 343 g/mol. The molecule has 1 aromatic heterocycles. The number of benzene rings is 2. The van der Waals surface area contributed by atoms with Gasteiger partial charge in [-0.3, -0.25) is 4.79 Å². The molecule has 24 heavy (non-hydrogen) atoms. The molecule has 122 valence electrons. The van der Waals surface area contributed by atoms with E-state index in [-0.39, 0.29) is 12.5 Å². The van der Waals surface area contributed by atoms with Gasteiger partial charge < -0.3 is 14.6 Å². The van der Waals surface area contributed by atoms with Crippen LogP contribution in [-0.4, -0.2) is 23.6 Å². The van der Waals surface area contributed by atoms with E-state index in [9.17, 15) is 9.59 Å². The van der Waals surface area contributed by atoms with Crippen molar-refractivity contribution in [2.75, 3.05) is 12.4 Å². The first-order valence-corrected chi connectivity index (χ1v) is 7.68. The lowest BCUT2D eigenvalue weighted by Gasteiger charge is -2.07. The highest BCUT2D eigenvalue weighted by molar-refractivity contribution is 6.30. The summed E-state index contributed by atoms with van der Waals surface area (Å²) in [6.07, 6.45) is 1.64. The minimum absolute atomic E-state index is 0.0835. The smallest absolute Gasteiger partial charge is 0.340 e. The van der Waals surface area contributed by atoms with Crippen LogP contribution in [0.4, 0.5) is 5.69 Å². The number of amides is 1. The van der Waals surface area contributed by atoms with Gasteiger partial charge in [0.05, 0.1) is 12.7 Å². The predicted molar refractivity (Wildman–Crippen MR) is 93.4 cm³/mol. The standard InChI is InChI=1S/C18H15ClN2O3/c1-24-18(23)15-10-21(16-5-3-2-4-14(15)16)11-17(22)20-13-8-6-12(19)7-9-13/h2-10H,11H2,1H3,(H,20,22). The summed E-state index contributed by atoms with van der Waals surface area (Å²) in [6, 6.07) is 14.3. The van der Waals surface area contributed by atoms with Crippen LogP contribution in [0.3, 0.4) is 0 Å². The van der Waals surface area contributed by atoms with Crippen molar-refractivity contribution in [2.45, 2.75) is 6.54 Å². The van der Waals surface area contributed by atoms with Gasteiger partial charge in [-0.15, -0.1) is 0 Å².